The third-order valence-electron chi connectivity index (χ3n) is 2.48. The van der Waals surface area contributed by atoms with Gasteiger partial charge in [0.2, 0.25) is 5.13 Å². The van der Waals surface area contributed by atoms with Crippen molar-refractivity contribution in [3.63, 3.8) is 0 Å². The highest BCUT2D eigenvalue weighted by Gasteiger charge is 2.17. The Labute approximate surface area is 119 Å². The molecule has 0 saturated carbocycles. The second kappa shape index (κ2) is 6.25. The molecule has 0 bridgehead atoms. The number of ether oxygens (including phenoxy) is 1. The molecule has 2 aromatic rings. The van der Waals surface area contributed by atoms with Gasteiger partial charge in [-0.2, -0.15) is 0 Å². The number of esters is 1. The van der Waals surface area contributed by atoms with Gasteiger partial charge in [-0.25, -0.2) is 4.79 Å². The van der Waals surface area contributed by atoms with Crippen LogP contribution in [0.5, 0.6) is 0 Å². The first-order valence-corrected chi connectivity index (χ1v) is 6.81. The first kappa shape index (κ1) is 14.1. The highest BCUT2D eigenvalue weighted by molar-refractivity contribution is 7.18. The minimum absolute atomic E-state index is 0.150. The number of carbonyl (C=O) groups is 2. The molecule has 1 aromatic heterocycles. The molecule has 0 aliphatic carbocycles. The van der Waals surface area contributed by atoms with Crippen LogP contribution >= 0.6 is 11.3 Å². The Morgan fingerprint density at radius 1 is 1.30 bits per heavy atom. The average molecular weight is 291 g/mol. The zero-order chi connectivity index (χ0) is 14.5. The maximum atomic E-state index is 11.5. The fourth-order valence-corrected chi connectivity index (χ4v) is 2.37. The number of hydrogen-bond acceptors (Lipinski definition) is 6. The molecule has 0 aliphatic heterocycles. The van der Waals surface area contributed by atoms with E-state index in [0.29, 0.717) is 5.01 Å². The number of amides is 1. The van der Waals surface area contributed by atoms with Gasteiger partial charge in [-0.15, -0.1) is 10.2 Å². The molecule has 0 aliphatic rings. The third kappa shape index (κ3) is 3.18. The standard InChI is InChI=1S/C13H13N3O3S/c1-3-19-12(18)10(17)14-13-16-15-11(20-13)9-7-5-4-6-8(9)2/h4-7H,3H2,1-2H3,(H,14,16,17). The van der Waals surface area contributed by atoms with Gasteiger partial charge in [0.15, 0.2) is 0 Å². The lowest BCUT2D eigenvalue weighted by Gasteiger charge is -2.00. The van der Waals surface area contributed by atoms with Crippen molar-refractivity contribution >= 4 is 28.3 Å². The molecular weight excluding hydrogens is 278 g/mol. The fourth-order valence-electron chi connectivity index (χ4n) is 1.54. The quantitative estimate of drug-likeness (QED) is 0.691. The van der Waals surface area contributed by atoms with Gasteiger partial charge in [-0.05, 0) is 19.4 Å². The summed E-state index contributed by atoms with van der Waals surface area (Å²) < 4.78 is 4.59. The smallest absolute Gasteiger partial charge is 0.397 e. The summed E-state index contributed by atoms with van der Waals surface area (Å²) in [4.78, 5) is 22.7. The van der Waals surface area contributed by atoms with Gasteiger partial charge in [0.05, 0.1) is 6.61 Å². The SMILES string of the molecule is CCOC(=O)C(=O)Nc1nnc(-c2ccccc2C)s1. The Bertz CT molecular complexity index is 639. The van der Waals surface area contributed by atoms with E-state index in [4.69, 9.17) is 0 Å². The number of nitrogens with one attached hydrogen (secondary N) is 1. The lowest BCUT2D eigenvalue weighted by atomic mass is 10.1. The summed E-state index contributed by atoms with van der Waals surface area (Å²) in [5, 5.41) is 11.2. The van der Waals surface area contributed by atoms with Crippen LogP contribution in [0.25, 0.3) is 10.6 Å². The third-order valence-corrected chi connectivity index (χ3v) is 3.35. The average Bonchev–Trinajstić information content (AvgIpc) is 2.87. The van der Waals surface area contributed by atoms with Crippen LogP contribution in [0.3, 0.4) is 0 Å². The Kier molecular flexibility index (Phi) is 4.41. The van der Waals surface area contributed by atoms with E-state index in [9.17, 15) is 9.59 Å². The Hall–Kier alpha value is -2.28. The van der Waals surface area contributed by atoms with Gasteiger partial charge in [-0.1, -0.05) is 35.6 Å². The molecular formula is C13H13N3O3S. The fraction of sp³-hybridized carbons (Fsp3) is 0.231. The van der Waals surface area contributed by atoms with Gasteiger partial charge in [0.25, 0.3) is 0 Å². The van der Waals surface area contributed by atoms with E-state index in [1.165, 1.54) is 11.3 Å². The maximum absolute atomic E-state index is 11.5. The molecule has 0 spiro atoms. The summed E-state index contributed by atoms with van der Waals surface area (Å²) in [6, 6.07) is 7.73. The lowest BCUT2D eigenvalue weighted by Crippen LogP contribution is -2.24. The largest absolute Gasteiger partial charge is 0.459 e. The van der Waals surface area contributed by atoms with Crippen LogP contribution in [0.4, 0.5) is 5.13 Å². The molecule has 7 heteroatoms. The molecule has 1 N–H and O–H groups in total. The predicted octanol–water partition coefficient (Wildman–Crippen LogP) is 2.02. The van der Waals surface area contributed by atoms with Crippen molar-refractivity contribution < 1.29 is 14.3 Å². The molecule has 20 heavy (non-hydrogen) atoms. The van der Waals surface area contributed by atoms with Crippen molar-refractivity contribution in [1.82, 2.24) is 10.2 Å². The summed E-state index contributed by atoms with van der Waals surface area (Å²) in [5.74, 6) is -1.78. The first-order valence-electron chi connectivity index (χ1n) is 5.99. The molecule has 1 aromatic carbocycles. The molecule has 0 saturated heterocycles. The van der Waals surface area contributed by atoms with Gasteiger partial charge < -0.3 is 4.74 Å². The van der Waals surface area contributed by atoms with Crippen LogP contribution in [-0.2, 0) is 14.3 Å². The molecule has 0 radical (unpaired) electrons. The molecule has 2 rings (SSSR count). The zero-order valence-electron chi connectivity index (χ0n) is 11.0. The van der Waals surface area contributed by atoms with Gasteiger partial charge in [-0.3, -0.25) is 10.1 Å². The van der Waals surface area contributed by atoms with Crippen molar-refractivity contribution in [3.8, 4) is 10.6 Å². The van der Waals surface area contributed by atoms with E-state index in [1.54, 1.807) is 6.92 Å². The zero-order valence-corrected chi connectivity index (χ0v) is 11.9. The number of nitrogens with zero attached hydrogens (tertiary/aromatic N) is 2. The minimum Gasteiger partial charge on any atom is -0.459 e. The van der Waals surface area contributed by atoms with Gasteiger partial charge in [0, 0.05) is 5.56 Å². The van der Waals surface area contributed by atoms with E-state index >= 15 is 0 Å². The second-order valence-corrected chi connectivity index (χ2v) is 4.88. The molecule has 6 nitrogen and oxygen atoms in total. The number of benzene rings is 1. The first-order chi connectivity index (χ1) is 9.61. The number of carbonyl (C=O) groups excluding carboxylic acids is 2. The summed E-state index contributed by atoms with van der Waals surface area (Å²) in [6.07, 6.45) is 0. The highest BCUT2D eigenvalue weighted by Crippen LogP contribution is 2.28. The second-order valence-electron chi connectivity index (χ2n) is 3.90. The van der Waals surface area contributed by atoms with E-state index in [1.807, 2.05) is 31.2 Å². The summed E-state index contributed by atoms with van der Waals surface area (Å²) >= 11 is 1.20. The van der Waals surface area contributed by atoms with E-state index in [2.05, 4.69) is 20.3 Å². The topological polar surface area (TPSA) is 81.2 Å². The Morgan fingerprint density at radius 3 is 2.75 bits per heavy atom. The van der Waals surface area contributed by atoms with Crippen LogP contribution < -0.4 is 5.32 Å². The van der Waals surface area contributed by atoms with Crippen molar-refractivity contribution in [2.45, 2.75) is 13.8 Å². The maximum Gasteiger partial charge on any atom is 0.397 e. The Morgan fingerprint density at radius 2 is 2.05 bits per heavy atom. The number of anilines is 1. The summed E-state index contributed by atoms with van der Waals surface area (Å²) in [6.45, 7) is 3.75. The summed E-state index contributed by atoms with van der Waals surface area (Å²) in [7, 11) is 0. The number of rotatable bonds is 3. The van der Waals surface area contributed by atoms with Crippen LogP contribution in [-0.4, -0.2) is 28.7 Å². The van der Waals surface area contributed by atoms with Gasteiger partial charge >= 0.3 is 11.9 Å². The molecule has 104 valence electrons. The molecule has 0 atom stereocenters. The van der Waals surface area contributed by atoms with Crippen LogP contribution in [0, 0.1) is 6.92 Å². The van der Waals surface area contributed by atoms with E-state index in [-0.39, 0.29) is 11.7 Å². The van der Waals surface area contributed by atoms with Crippen LogP contribution in [0.2, 0.25) is 0 Å². The number of hydrogen-bond donors (Lipinski definition) is 1. The normalized spacial score (nSPS) is 10.1. The van der Waals surface area contributed by atoms with Crippen molar-refractivity contribution in [2.24, 2.45) is 0 Å². The van der Waals surface area contributed by atoms with E-state index in [0.717, 1.165) is 11.1 Å². The van der Waals surface area contributed by atoms with Crippen LogP contribution in [0.15, 0.2) is 24.3 Å². The highest BCUT2D eigenvalue weighted by atomic mass is 32.1. The number of aryl methyl sites for hydroxylation is 1. The van der Waals surface area contributed by atoms with Crippen molar-refractivity contribution in [2.75, 3.05) is 11.9 Å². The Balaban J connectivity index is 2.12. The van der Waals surface area contributed by atoms with Crippen molar-refractivity contribution in [1.29, 1.82) is 0 Å². The number of aromatic nitrogens is 2. The molecule has 0 fully saturated rings. The lowest BCUT2D eigenvalue weighted by molar-refractivity contribution is -0.152. The molecule has 1 heterocycles. The van der Waals surface area contributed by atoms with Crippen LogP contribution in [0.1, 0.15) is 12.5 Å². The molecule has 0 unspecified atom stereocenters. The summed E-state index contributed by atoms with van der Waals surface area (Å²) in [5.41, 5.74) is 2.01. The molecule has 1 amide bonds. The predicted molar refractivity (Wildman–Crippen MR) is 75.3 cm³/mol. The van der Waals surface area contributed by atoms with Gasteiger partial charge in [0.1, 0.15) is 5.01 Å². The minimum atomic E-state index is -0.930. The van der Waals surface area contributed by atoms with Crippen molar-refractivity contribution in [3.05, 3.63) is 29.8 Å². The van der Waals surface area contributed by atoms with E-state index < -0.39 is 11.9 Å². The monoisotopic (exact) mass is 291 g/mol.